The van der Waals surface area contributed by atoms with E-state index in [0.29, 0.717) is 0 Å². The van der Waals surface area contributed by atoms with Crippen LogP contribution in [0, 0.1) is 0 Å². The van der Waals surface area contributed by atoms with Gasteiger partial charge in [0.15, 0.2) is 0 Å². The number of nitrogens with zero attached hydrogens (tertiary/aromatic N) is 1. The Labute approximate surface area is 39.5 Å². The highest BCUT2D eigenvalue weighted by Crippen LogP contribution is 1.79. The summed E-state index contributed by atoms with van der Waals surface area (Å²) in [5.74, 6) is 0. The van der Waals surface area contributed by atoms with Gasteiger partial charge in [-0.25, -0.2) is 0 Å². The average molecular weight is 103 g/mol. The molecule has 0 atom stereocenters. The van der Waals surface area contributed by atoms with Crippen LogP contribution >= 0.6 is 0 Å². The zero-order valence-corrected chi connectivity index (χ0v) is 5.29. The molecule has 0 N–H and O–H groups in total. The molecular formula is C3H9NOSi. The molecule has 6 heavy (non-hydrogen) atoms. The van der Waals surface area contributed by atoms with Crippen LogP contribution in [0.5, 0.6) is 0 Å². The number of rotatable bonds is 2. The van der Waals surface area contributed by atoms with Gasteiger partial charge >= 0.3 is 0 Å². The van der Waals surface area contributed by atoms with Crippen molar-refractivity contribution >= 4 is 15.8 Å². The van der Waals surface area contributed by atoms with Crippen molar-refractivity contribution in [3.05, 3.63) is 0 Å². The van der Waals surface area contributed by atoms with E-state index in [1.54, 1.807) is 0 Å². The van der Waals surface area contributed by atoms with Crippen molar-refractivity contribution in [2.45, 2.75) is 13.1 Å². The normalized spacial score (nSPS) is 8.50. The molecule has 0 bridgehead atoms. The number of oxime groups is 1. The summed E-state index contributed by atoms with van der Waals surface area (Å²) < 4.78 is 4.69. The van der Waals surface area contributed by atoms with Gasteiger partial charge in [0, 0.05) is 6.72 Å². The maximum atomic E-state index is 4.69. The van der Waals surface area contributed by atoms with E-state index in [1.165, 1.54) is 0 Å². The van der Waals surface area contributed by atoms with E-state index in [-0.39, 0.29) is 0 Å². The third kappa shape index (κ3) is 3.69. The summed E-state index contributed by atoms with van der Waals surface area (Å²) in [6.07, 6.45) is 0. The molecule has 3 heteroatoms. The van der Waals surface area contributed by atoms with Gasteiger partial charge in [-0.05, 0) is 13.1 Å². The van der Waals surface area contributed by atoms with Gasteiger partial charge in [-0.15, -0.1) is 5.16 Å². The van der Waals surface area contributed by atoms with Gasteiger partial charge < -0.3 is 4.53 Å². The van der Waals surface area contributed by atoms with E-state index in [9.17, 15) is 0 Å². The molecule has 0 unspecified atom stereocenters. The fourth-order valence-corrected chi connectivity index (χ4v) is 0.447. The average Bonchev–Trinajstić information content (AvgIpc) is 1.35. The largest absolute Gasteiger partial charge is 0.460 e. The highest BCUT2D eigenvalue weighted by molar-refractivity contribution is 6.48. The maximum absolute atomic E-state index is 4.69. The summed E-state index contributed by atoms with van der Waals surface area (Å²) in [6.45, 7) is 7.24. The van der Waals surface area contributed by atoms with Crippen molar-refractivity contribution in [3.8, 4) is 0 Å². The Bertz CT molecular complexity index is 46.1. The van der Waals surface area contributed by atoms with Crippen molar-refractivity contribution < 1.29 is 4.53 Å². The first-order valence-corrected chi connectivity index (χ1v) is 4.67. The van der Waals surface area contributed by atoms with E-state index < -0.39 is 9.04 Å². The lowest BCUT2D eigenvalue weighted by molar-refractivity contribution is 0.356. The van der Waals surface area contributed by atoms with E-state index >= 15 is 0 Å². The van der Waals surface area contributed by atoms with Gasteiger partial charge in [0.05, 0.1) is 0 Å². The fraction of sp³-hybridized carbons (Fsp3) is 0.667. The Balaban J connectivity index is 2.81. The fourth-order valence-electron chi connectivity index (χ4n) is 0.149. The second-order valence-electron chi connectivity index (χ2n) is 1.28. The highest BCUT2D eigenvalue weighted by atomic mass is 28.3. The molecular weight excluding hydrogens is 94.1 g/mol. The van der Waals surface area contributed by atoms with Crippen LogP contribution in [0.3, 0.4) is 0 Å². The zero-order chi connectivity index (χ0) is 4.99. The Kier molecular flexibility index (Phi) is 2.75. The molecule has 0 heterocycles. The Morgan fingerprint density at radius 3 is 2.17 bits per heavy atom. The van der Waals surface area contributed by atoms with Crippen LogP contribution in [0.2, 0.25) is 13.1 Å². The summed E-state index contributed by atoms with van der Waals surface area (Å²) in [4.78, 5) is 0. The van der Waals surface area contributed by atoms with E-state index in [4.69, 9.17) is 4.53 Å². The Morgan fingerprint density at radius 2 is 2.17 bits per heavy atom. The lowest BCUT2D eigenvalue weighted by Gasteiger charge is -1.95. The second-order valence-corrected chi connectivity index (χ2v) is 3.59. The first-order chi connectivity index (χ1) is 2.77. The zero-order valence-electron chi connectivity index (χ0n) is 4.14. The topological polar surface area (TPSA) is 21.6 Å². The molecule has 0 aromatic rings. The maximum Gasteiger partial charge on any atom is 0.266 e. The van der Waals surface area contributed by atoms with Crippen molar-refractivity contribution in [1.29, 1.82) is 0 Å². The van der Waals surface area contributed by atoms with Crippen LogP contribution in [0.25, 0.3) is 0 Å². The monoisotopic (exact) mass is 103 g/mol. The van der Waals surface area contributed by atoms with Crippen molar-refractivity contribution in [1.82, 2.24) is 0 Å². The molecule has 0 aliphatic rings. The van der Waals surface area contributed by atoms with Gasteiger partial charge in [-0.3, -0.25) is 0 Å². The SMILES string of the molecule is C=NO[SiH](C)C. The lowest BCUT2D eigenvalue weighted by Crippen LogP contribution is -2.00. The van der Waals surface area contributed by atoms with Crippen LogP contribution < -0.4 is 0 Å². The van der Waals surface area contributed by atoms with Crippen molar-refractivity contribution in [2.75, 3.05) is 0 Å². The molecule has 0 aliphatic heterocycles. The van der Waals surface area contributed by atoms with Crippen molar-refractivity contribution in [2.24, 2.45) is 5.16 Å². The summed E-state index contributed by atoms with van der Waals surface area (Å²) >= 11 is 0. The minimum atomic E-state index is -0.900. The molecule has 0 aromatic carbocycles. The van der Waals surface area contributed by atoms with Crippen LogP contribution in [0.1, 0.15) is 0 Å². The van der Waals surface area contributed by atoms with Gasteiger partial charge in [0.2, 0.25) is 0 Å². The lowest BCUT2D eigenvalue weighted by atomic mass is 11.8. The minimum Gasteiger partial charge on any atom is -0.460 e. The Hall–Kier alpha value is -0.313. The molecule has 2 nitrogen and oxygen atoms in total. The summed E-state index contributed by atoms with van der Waals surface area (Å²) in [5.41, 5.74) is 0. The van der Waals surface area contributed by atoms with Crippen LogP contribution in [0.4, 0.5) is 0 Å². The molecule has 0 saturated carbocycles. The quantitative estimate of drug-likeness (QED) is 0.285. The summed E-state index contributed by atoms with van der Waals surface area (Å²) in [6, 6.07) is 0. The first-order valence-electron chi connectivity index (χ1n) is 1.89. The molecule has 0 radical (unpaired) electrons. The van der Waals surface area contributed by atoms with Crippen LogP contribution in [0.15, 0.2) is 5.16 Å². The molecule has 0 rings (SSSR count). The van der Waals surface area contributed by atoms with E-state index in [0.717, 1.165) is 0 Å². The number of hydrogen-bond acceptors (Lipinski definition) is 2. The van der Waals surface area contributed by atoms with Crippen LogP contribution in [-0.4, -0.2) is 15.8 Å². The third-order valence-corrected chi connectivity index (χ3v) is 0.856. The molecule has 0 saturated heterocycles. The van der Waals surface area contributed by atoms with Gasteiger partial charge in [0.25, 0.3) is 9.04 Å². The summed E-state index contributed by atoms with van der Waals surface area (Å²) in [7, 11) is -0.900. The van der Waals surface area contributed by atoms with E-state index in [1.807, 2.05) is 13.1 Å². The summed E-state index contributed by atoms with van der Waals surface area (Å²) in [5, 5.41) is 3.25. The molecule has 0 spiro atoms. The van der Waals surface area contributed by atoms with Crippen molar-refractivity contribution in [3.63, 3.8) is 0 Å². The Morgan fingerprint density at radius 1 is 1.67 bits per heavy atom. The van der Waals surface area contributed by atoms with Gasteiger partial charge in [-0.1, -0.05) is 0 Å². The smallest absolute Gasteiger partial charge is 0.266 e. The molecule has 36 valence electrons. The minimum absolute atomic E-state index is 0.900. The molecule has 0 amide bonds. The van der Waals surface area contributed by atoms with Gasteiger partial charge in [-0.2, -0.15) is 0 Å². The molecule has 0 fully saturated rings. The second kappa shape index (κ2) is 2.90. The number of hydrogen-bond donors (Lipinski definition) is 0. The predicted octanol–water partition coefficient (Wildman–Crippen LogP) is 0.602. The predicted molar refractivity (Wildman–Crippen MR) is 29.5 cm³/mol. The molecule has 0 aromatic heterocycles. The van der Waals surface area contributed by atoms with E-state index in [2.05, 4.69) is 11.9 Å². The van der Waals surface area contributed by atoms with Crippen LogP contribution in [-0.2, 0) is 4.53 Å². The highest BCUT2D eigenvalue weighted by Gasteiger charge is 1.88. The molecule has 0 aliphatic carbocycles. The third-order valence-electron chi connectivity index (χ3n) is 0.285. The first kappa shape index (κ1) is 5.69. The standard InChI is InChI=1S/C3H9NOSi/c1-4-5-6(2)3/h6H,1H2,2-3H3. The van der Waals surface area contributed by atoms with Gasteiger partial charge in [0.1, 0.15) is 0 Å².